The summed E-state index contributed by atoms with van der Waals surface area (Å²) in [4.78, 5) is 22.2. The first-order chi connectivity index (χ1) is 11.1. The molecule has 0 bridgehead atoms. The fraction of sp³-hybridized carbons (Fsp3) is 0.133. The van der Waals surface area contributed by atoms with E-state index in [9.17, 15) is 23.3 Å². The number of ether oxygens (including phenoxy) is 1. The van der Waals surface area contributed by atoms with Crippen molar-refractivity contribution in [1.82, 2.24) is 0 Å². The minimum atomic E-state index is -3.60. The predicted octanol–water partition coefficient (Wildman–Crippen LogP) is 3.18. The Morgan fingerprint density at radius 3 is 2.42 bits per heavy atom. The number of halogens is 1. The number of benzene rings is 2. The molecule has 0 saturated carbocycles. The monoisotopic (exact) mass is 369 g/mol. The number of carbonyl (C=O) groups excluding carboxylic acids is 1. The number of hydrogen-bond acceptors (Lipinski definition) is 6. The van der Waals surface area contributed by atoms with E-state index in [1.165, 1.54) is 37.3 Å². The average Bonchev–Trinajstić information content (AvgIpc) is 2.46. The van der Waals surface area contributed by atoms with Gasteiger partial charge < -0.3 is 4.74 Å². The highest BCUT2D eigenvalue weighted by Crippen LogP contribution is 2.26. The normalized spacial score (nSPS) is 11.1. The van der Waals surface area contributed by atoms with Crippen molar-refractivity contribution in [3.05, 3.63) is 62.7 Å². The lowest BCUT2D eigenvalue weighted by molar-refractivity contribution is -0.385. The molecular formula is C15H12ClNO6S. The first-order valence-corrected chi connectivity index (χ1v) is 8.83. The van der Waals surface area contributed by atoms with Crippen LogP contribution in [0.15, 0.2) is 41.3 Å². The quantitative estimate of drug-likeness (QED) is 0.355. The van der Waals surface area contributed by atoms with Crippen molar-refractivity contribution in [1.29, 1.82) is 0 Å². The summed E-state index contributed by atoms with van der Waals surface area (Å²) in [6.07, 6.45) is 0.975. The maximum Gasteiger partial charge on any atom is 0.343 e. The molecule has 0 saturated heterocycles. The Bertz CT molecular complexity index is 939. The molecule has 0 aromatic heterocycles. The Kier molecular flexibility index (Phi) is 4.91. The van der Waals surface area contributed by atoms with Crippen molar-refractivity contribution >= 4 is 33.1 Å². The highest BCUT2D eigenvalue weighted by molar-refractivity contribution is 7.90. The van der Waals surface area contributed by atoms with Crippen molar-refractivity contribution in [3.8, 4) is 5.75 Å². The molecule has 0 radical (unpaired) electrons. The molecule has 0 aliphatic carbocycles. The molecule has 2 aromatic carbocycles. The molecule has 9 heteroatoms. The van der Waals surface area contributed by atoms with Gasteiger partial charge in [0, 0.05) is 17.9 Å². The molecule has 2 rings (SSSR count). The van der Waals surface area contributed by atoms with Gasteiger partial charge in [-0.25, -0.2) is 13.2 Å². The summed E-state index contributed by atoms with van der Waals surface area (Å²) in [7, 11) is -3.60. The second-order valence-electron chi connectivity index (χ2n) is 5.01. The molecule has 0 N–H and O–H groups in total. The van der Waals surface area contributed by atoms with Crippen LogP contribution in [0.3, 0.4) is 0 Å². The summed E-state index contributed by atoms with van der Waals surface area (Å²) in [6, 6.07) is 7.60. The molecule has 126 valence electrons. The maximum atomic E-state index is 12.1. The van der Waals surface area contributed by atoms with Gasteiger partial charge >= 0.3 is 5.97 Å². The number of nitro groups is 1. The van der Waals surface area contributed by atoms with E-state index in [4.69, 9.17) is 16.3 Å². The van der Waals surface area contributed by atoms with Crippen LogP contribution in [0.4, 0.5) is 5.69 Å². The SMILES string of the molecule is Cc1cc(OC(=O)c2ccc(Cl)c(S(C)(=O)=O)c2)ccc1[N+](=O)[O-]. The molecule has 0 fully saturated rings. The van der Waals surface area contributed by atoms with Crippen LogP contribution >= 0.6 is 11.6 Å². The molecule has 0 unspecified atom stereocenters. The van der Waals surface area contributed by atoms with Gasteiger partial charge in [-0.15, -0.1) is 0 Å². The molecule has 0 atom stereocenters. The van der Waals surface area contributed by atoms with E-state index in [-0.39, 0.29) is 26.9 Å². The second-order valence-corrected chi connectivity index (χ2v) is 7.40. The lowest BCUT2D eigenvalue weighted by Gasteiger charge is -2.07. The molecule has 7 nitrogen and oxygen atoms in total. The molecule has 2 aromatic rings. The van der Waals surface area contributed by atoms with Crippen LogP contribution in [0.25, 0.3) is 0 Å². The van der Waals surface area contributed by atoms with Crippen LogP contribution in [0.5, 0.6) is 5.75 Å². The first-order valence-electron chi connectivity index (χ1n) is 6.56. The summed E-state index contributed by atoms with van der Waals surface area (Å²) < 4.78 is 28.4. The molecule has 0 amide bonds. The van der Waals surface area contributed by atoms with Crippen LogP contribution in [0.2, 0.25) is 5.02 Å². The van der Waals surface area contributed by atoms with Gasteiger partial charge in [-0.05, 0) is 37.3 Å². The Balaban J connectivity index is 2.31. The van der Waals surface area contributed by atoms with Gasteiger partial charge in [0.15, 0.2) is 9.84 Å². The molecule has 24 heavy (non-hydrogen) atoms. The Hall–Kier alpha value is -2.45. The van der Waals surface area contributed by atoms with Gasteiger partial charge in [0.25, 0.3) is 5.69 Å². The summed E-state index contributed by atoms with van der Waals surface area (Å²) in [6.45, 7) is 1.51. The lowest BCUT2D eigenvalue weighted by atomic mass is 10.2. The summed E-state index contributed by atoms with van der Waals surface area (Å²) in [5.41, 5.74) is 0.231. The summed E-state index contributed by atoms with van der Waals surface area (Å²) >= 11 is 5.82. The van der Waals surface area contributed by atoms with E-state index in [2.05, 4.69) is 0 Å². The third-order valence-electron chi connectivity index (χ3n) is 3.14. The van der Waals surface area contributed by atoms with E-state index in [0.29, 0.717) is 5.56 Å². The second kappa shape index (κ2) is 6.58. The number of carbonyl (C=O) groups is 1. The van der Waals surface area contributed by atoms with E-state index >= 15 is 0 Å². The Morgan fingerprint density at radius 2 is 1.88 bits per heavy atom. The van der Waals surface area contributed by atoms with Gasteiger partial charge in [-0.1, -0.05) is 11.6 Å². The van der Waals surface area contributed by atoms with Gasteiger partial charge in [0.1, 0.15) is 5.75 Å². The van der Waals surface area contributed by atoms with Crippen LogP contribution in [0, 0.1) is 17.0 Å². The van der Waals surface area contributed by atoms with Crippen LogP contribution in [0.1, 0.15) is 15.9 Å². The van der Waals surface area contributed by atoms with E-state index in [1.54, 1.807) is 0 Å². The van der Waals surface area contributed by atoms with Crippen molar-refractivity contribution in [2.75, 3.05) is 6.26 Å². The summed E-state index contributed by atoms with van der Waals surface area (Å²) in [5, 5.41) is 10.8. The lowest BCUT2D eigenvalue weighted by Crippen LogP contribution is -2.10. The van der Waals surface area contributed by atoms with Crippen molar-refractivity contribution in [3.63, 3.8) is 0 Å². The third-order valence-corrected chi connectivity index (χ3v) is 4.72. The predicted molar refractivity (Wildman–Crippen MR) is 87.4 cm³/mol. The number of aryl methyl sites for hydroxylation is 1. The first kappa shape index (κ1) is 17.9. The average molecular weight is 370 g/mol. The number of nitrogens with zero attached hydrogens (tertiary/aromatic N) is 1. The minimum Gasteiger partial charge on any atom is -0.423 e. The molecule has 0 aliphatic rings. The highest BCUT2D eigenvalue weighted by atomic mass is 35.5. The Morgan fingerprint density at radius 1 is 1.21 bits per heavy atom. The number of rotatable bonds is 4. The largest absolute Gasteiger partial charge is 0.423 e. The zero-order valence-electron chi connectivity index (χ0n) is 12.6. The van der Waals surface area contributed by atoms with Gasteiger partial charge in [0.2, 0.25) is 0 Å². The van der Waals surface area contributed by atoms with E-state index in [1.807, 2.05) is 0 Å². The minimum absolute atomic E-state index is 0.000213. The zero-order valence-corrected chi connectivity index (χ0v) is 14.2. The Labute approximate surface area is 142 Å². The number of sulfone groups is 1. The molecule has 0 heterocycles. The van der Waals surface area contributed by atoms with E-state index < -0.39 is 20.7 Å². The standard InChI is InChI=1S/C15H12ClNO6S/c1-9-7-11(4-6-13(9)17(19)20)23-15(18)10-3-5-12(16)14(8-10)24(2,21)22/h3-8H,1-2H3. The molecular weight excluding hydrogens is 358 g/mol. The smallest absolute Gasteiger partial charge is 0.343 e. The highest BCUT2D eigenvalue weighted by Gasteiger charge is 2.18. The number of nitro benzene ring substituents is 1. The van der Waals surface area contributed by atoms with Gasteiger partial charge in [0.05, 0.1) is 20.4 Å². The fourth-order valence-corrected chi connectivity index (χ4v) is 3.28. The van der Waals surface area contributed by atoms with Crippen molar-refractivity contribution < 1.29 is 22.9 Å². The summed E-state index contributed by atoms with van der Waals surface area (Å²) in [5.74, 6) is -0.691. The zero-order chi connectivity index (χ0) is 18.1. The van der Waals surface area contributed by atoms with Crippen molar-refractivity contribution in [2.24, 2.45) is 0 Å². The fourth-order valence-electron chi connectivity index (χ4n) is 1.98. The topological polar surface area (TPSA) is 104 Å². The van der Waals surface area contributed by atoms with E-state index in [0.717, 1.165) is 12.3 Å². The third kappa shape index (κ3) is 3.90. The van der Waals surface area contributed by atoms with Crippen molar-refractivity contribution in [2.45, 2.75) is 11.8 Å². The van der Waals surface area contributed by atoms with Gasteiger partial charge in [-0.3, -0.25) is 10.1 Å². The molecule has 0 spiro atoms. The van der Waals surface area contributed by atoms with Crippen LogP contribution < -0.4 is 4.74 Å². The maximum absolute atomic E-state index is 12.1. The van der Waals surface area contributed by atoms with Crippen LogP contribution in [-0.2, 0) is 9.84 Å². The number of esters is 1. The number of hydrogen-bond donors (Lipinski definition) is 0. The molecule has 0 aliphatic heterocycles. The van der Waals surface area contributed by atoms with Gasteiger partial charge in [-0.2, -0.15) is 0 Å². The van der Waals surface area contributed by atoms with Crippen LogP contribution in [-0.4, -0.2) is 25.6 Å².